The second-order valence-corrected chi connectivity index (χ2v) is 5.87. The van der Waals surface area contributed by atoms with Crippen molar-refractivity contribution < 1.29 is 19.0 Å². The summed E-state index contributed by atoms with van der Waals surface area (Å²) in [5.74, 6) is 1.52. The quantitative estimate of drug-likeness (QED) is 0.795. The molecular formula is C16H19NO4. The lowest BCUT2D eigenvalue weighted by Gasteiger charge is -2.37. The van der Waals surface area contributed by atoms with Crippen LogP contribution in [0.1, 0.15) is 29.6 Å². The number of ether oxygens (including phenoxy) is 3. The van der Waals surface area contributed by atoms with Crippen molar-refractivity contribution in [1.82, 2.24) is 4.90 Å². The number of ketones is 1. The molecule has 1 saturated carbocycles. The van der Waals surface area contributed by atoms with Crippen molar-refractivity contribution in [3.8, 4) is 11.5 Å². The van der Waals surface area contributed by atoms with Crippen molar-refractivity contribution in [2.75, 3.05) is 26.5 Å². The van der Waals surface area contributed by atoms with Gasteiger partial charge in [-0.15, -0.1) is 0 Å². The highest BCUT2D eigenvalue weighted by Crippen LogP contribution is 2.33. The largest absolute Gasteiger partial charge is 0.454 e. The van der Waals surface area contributed by atoms with Crippen LogP contribution in [0.2, 0.25) is 0 Å². The molecule has 3 aliphatic rings. The molecule has 5 heteroatoms. The molecule has 0 radical (unpaired) electrons. The van der Waals surface area contributed by atoms with Crippen LogP contribution in [0.15, 0.2) is 18.2 Å². The lowest BCUT2D eigenvalue weighted by atomic mass is 10.1. The Morgan fingerprint density at radius 1 is 1.24 bits per heavy atom. The number of benzene rings is 1. The summed E-state index contributed by atoms with van der Waals surface area (Å²) in [7, 11) is 0. The molecule has 0 bridgehead atoms. The monoisotopic (exact) mass is 289 g/mol. The Morgan fingerprint density at radius 2 is 2.14 bits per heavy atom. The first-order chi connectivity index (χ1) is 10.3. The number of nitrogens with zero attached hydrogens (tertiary/aromatic N) is 1. The third kappa shape index (κ3) is 2.40. The number of morpholine rings is 1. The van der Waals surface area contributed by atoms with Gasteiger partial charge in [-0.1, -0.05) is 0 Å². The molecule has 2 fully saturated rings. The highest BCUT2D eigenvalue weighted by molar-refractivity contribution is 5.98. The van der Waals surface area contributed by atoms with E-state index < -0.39 is 0 Å². The van der Waals surface area contributed by atoms with Gasteiger partial charge in [0.1, 0.15) is 0 Å². The predicted octanol–water partition coefficient (Wildman–Crippen LogP) is 1.85. The van der Waals surface area contributed by atoms with Gasteiger partial charge in [-0.05, 0) is 37.5 Å². The molecule has 21 heavy (non-hydrogen) atoms. The molecule has 4 rings (SSSR count). The molecule has 5 nitrogen and oxygen atoms in total. The first-order valence-electron chi connectivity index (χ1n) is 7.60. The van der Waals surface area contributed by atoms with Crippen LogP contribution in [-0.4, -0.2) is 49.3 Å². The van der Waals surface area contributed by atoms with Crippen LogP contribution in [0.4, 0.5) is 0 Å². The van der Waals surface area contributed by atoms with E-state index in [4.69, 9.17) is 14.2 Å². The Kier molecular flexibility index (Phi) is 3.31. The molecule has 0 amide bonds. The van der Waals surface area contributed by atoms with E-state index in [1.165, 1.54) is 6.42 Å². The molecular weight excluding hydrogens is 270 g/mol. The second-order valence-electron chi connectivity index (χ2n) is 5.87. The number of carbonyl (C=O) groups is 1. The van der Waals surface area contributed by atoms with Crippen molar-refractivity contribution in [1.29, 1.82) is 0 Å². The van der Waals surface area contributed by atoms with Crippen molar-refractivity contribution in [3.05, 3.63) is 23.8 Å². The zero-order valence-electron chi connectivity index (χ0n) is 11.9. The fourth-order valence-corrected chi connectivity index (χ4v) is 3.55. The van der Waals surface area contributed by atoms with Crippen LogP contribution in [0.3, 0.4) is 0 Å². The highest BCUT2D eigenvalue weighted by atomic mass is 16.7. The summed E-state index contributed by atoms with van der Waals surface area (Å²) in [5, 5.41) is 0. The van der Waals surface area contributed by atoms with Crippen LogP contribution >= 0.6 is 0 Å². The summed E-state index contributed by atoms with van der Waals surface area (Å²) in [5.41, 5.74) is 0.695. The molecule has 1 aromatic rings. The summed E-state index contributed by atoms with van der Waals surface area (Å²) >= 11 is 0. The third-order valence-corrected chi connectivity index (χ3v) is 4.64. The van der Waals surface area contributed by atoms with Crippen molar-refractivity contribution in [3.63, 3.8) is 0 Å². The van der Waals surface area contributed by atoms with Crippen molar-refractivity contribution in [2.45, 2.75) is 31.4 Å². The molecule has 2 unspecified atom stereocenters. The SMILES string of the molecule is O=C(CN1CCOC2CCCC21)c1ccc2c(c1)OCO2. The average Bonchev–Trinajstić information content (AvgIpc) is 3.15. The molecule has 2 aliphatic heterocycles. The van der Waals surface area contributed by atoms with E-state index in [0.717, 1.165) is 26.0 Å². The molecule has 1 aliphatic carbocycles. The zero-order chi connectivity index (χ0) is 14.2. The Labute approximate surface area is 123 Å². The number of carbonyl (C=O) groups excluding carboxylic acids is 1. The van der Waals surface area contributed by atoms with Gasteiger partial charge in [-0.3, -0.25) is 9.69 Å². The maximum atomic E-state index is 12.5. The zero-order valence-corrected chi connectivity index (χ0v) is 11.9. The fourth-order valence-electron chi connectivity index (χ4n) is 3.55. The molecule has 0 spiro atoms. The molecule has 1 aromatic carbocycles. The lowest BCUT2D eigenvalue weighted by Crippen LogP contribution is -2.50. The van der Waals surface area contributed by atoms with Gasteiger partial charge in [0.25, 0.3) is 0 Å². The molecule has 1 saturated heterocycles. The predicted molar refractivity (Wildman–Crippen MR) is 75.8 cm³/mol. The van der Waals surface area contributed by atoms with Gasteiger partial charge in [0.2, 0.25) is 6.79 Å². The van der Waals surface area contributed by atoms with Gasteiger partial charge in [-0.25, -0.2) is 0 Å². The number of rotatable bonds is 3. The topological polar surface area (TPSA) is 48.0 Å². The summed E-state index contributed by atoms with van der Waals surface area (Å²) in [4.78, 5) is 14.8. The smallest absolute Gasteiger partial charge is 0.231 e. The number of fused-ring (bicyclic) bond motifs is 2. The first-order valence-corrected chi connectivity index (χ1v) is 7.60. The van der Waals surface area contributed by atoms with E-state index in [2.05, 4.69) is 4.90 Å². The Hall–Kier alpha value is -1.59. The fraction of sp³-hybridized carbons (Fsp3) is 0.562. The van der Waals surface area contributed by atoms with Crippen LogP contribution in [0.25, 0.3) is 0 Å². The molecule has 0 N–H and O–H groups in total. The van der Waals surface area contributed by atoms with E-state index in [0.29, 0.717) is 35.8 Å². The first kappa shape index (κ1) is 13.1. The second kappa shape index (κ2) is 5.31. The van der Waals surface area contributed by atoms with Gasteiger partial charge < -0.3 is 14.2 Å². The lowest BCUT2D eigenvalue weighted by molar-refractivity contribution is -0.0522. The van der Waals surface area contributed by atoms with Crippen LogP contribution in [0.5, 0.6) is 11.5 Å². The molecule has 2 atom stereocenters. The van der Waals surface area contributed by atoms with E-state index in [9.17, 15) is 4.79 Å². The van der Waals surface area contributed by atoms with Gasteiger partial charge in [0.15, 0.2) is 17.3 Å². The van der Waals surface area contributed by atoms with E-state index in [1.54, 1.807) is 6.07 Å². The van der Waals surface area contributed by atoms with E-state index in [1.807, 2.05) is 12.1 Å². The van der Waals surface area contributed by atoms with Gasteiger partial charge in [0.05, 0.1) is 19.3 Å². The molecule has 0 aromatic heterocycles. The minimum atomic E-state index is 0.140. The Balaban J connectivity index is 1.47. The van der Waals surface area contributed by atoms with Crippen molar-refractivity contribution >= 4 is 5.78 Å². The molecule has 112 valence electrons. The van der Waals surface area contributed by atoms with Gasteiger partial charge in [-0.2, -0.15) is 0 Å². The van der Waals surface area contributed by atoms with E-state index in [-0.39, 0.29) is 12.6 Å². The third-order valence-electron chi connectivity index (χ3n) is 4.64. The molecule has 2 heterocycles. The summed E-state index contributed by atoms with van der Waals surface area (Å²) in [6.45, 7) is 2.28. The van der Waals surface area contributed by atoms with Crippen LogP contribution in [0, 0.1) is 0 Å². The maximum absolute atomic E-state index is 12.5. The normalized spacial score (nSPS) is 27.6. The van der Waals surface area contributed by atoms with Gasteiger partial charge in [0, 0.05) is 18.2 Å². The standard InChI is InChI=1S/C16H19NO4/c18-13(11-4-5-15-16(8-11)21-10-20-15)9-17-6-7-19-14-3-1-2-12(14)17/h4-5,8,12,14H,1-3,6-7,9-10H2. The number of Topliss-reactive ketones (excluding diaryl/α,β-unsaturated/α-hetero) is 1. The summed E-state index contributed by atoms with van der Waals surface area (Å²) in [6.07, 6.45) is 3.78. The summed E-state index contributed by atoms with van der Waals surface area (Å²) < 4.78 is 16.4. The van der Waals surface area contributed by atoms with E-state index >= 15 is 0 Å². The van der Waals surface area contributed by atoms with Crippen LogP contribution in [-0.2, 0) is 4.74 Å². The highest BCUT2D eigenvalue weighted by Gasteiger charge is 2.36. The minimum absolute atomic E-state index is 0.140. The minimum Gasteiger partial charge on any atom is -0.454 e. The average molecular weight is 289 g/mol. The maximum Gasteiger partial charge on any atom is 0.231 e. The number of hydrogen-bond donors (Lipinski definition) is 0. The Bertz CT molecular complexity index is 559. The van der Waals surface area contributed by atoms with Crippen molar-refractivity contribution in [2.24, 2.45) is 0 Å². The Morgan fingerprint density at radius 3 is 3.10 bits per heavy atom. The van der Waals surface area contributed by atoms with Crippen LogP contribution < -0.4 is 9.47 Å². The number of hydrogen-bond acceptors (Lipinski definition) is 5. The summed E-state index contributed by atoms with van der Waals surface area (Å²) in [6, 6.07) is 5.84. The van der Waals surface area contributed by atoms with Gasteiger partial charge >= 0.3 is 0 Å².